The van der Waals surface area contributed by atoms with Crippen LogP contribution in [0.5, 0.6) is 0 Å². The Morgan fingerprint density at radius 3 is 2.70 bits per heavy atom. The van der Waals surface area contributed by atoms with Gasteiger partial charge in [-0.3, -0.25) is 0 Å². The SMILES string of the molecule is CCSCCn1ccc2ccc(CNC(C)(C)C)cc21. The minimum absolute atomic E-state index is 0.161. The topological polar surface area (TPSA) is 17.0 Å². The van der Waals surface area contributed by atoms with Gasteiger partial charge in [0.25, 0.3) is 0 Å². The van der Waals surface area contributed by atoms with Crippen LogP contribution in [-0.2, 0) is 13.1 Å². The average molecular weight is 290 g/mol. The Labute approximate surface area is 126 Å². The van der Waals surface area contributed by atoms with Crippen LogP contribution in [0.1, 0.15) is 33.3 Å². The lowest BCUT2D eigenvalue weighted by atomic mass is 10.1. The first-order chi connectivity index (χ1) is 9.49. The Hall–Kier alpha value is -0.930. The normalized spacial score (nSPS) is 12.2. The largest absolute Gasteiger partial charge is 0.347 e. The second-order valence-electron chi connectivity index (χ2n) is 6.20. The Morgan fingerprint density at radius 2 is 2.00 bits per heavy atom. The van der Waals surface area contributed by atoms with Crippen LogP contribution in [0.25, 0.3) is 10.9 Å². The minimum Gasteiger partial charge on any atom is -0.347 e. The average Bonchev–Trinajstić information content (AvgIpc) is 2.79. The van der Waals surface area contributed by atoms with Crippen LogP contribution >= 0.6 is 11.8 Å². The molecule has 0 bridgehead atoms. The van der Waals surface area contributed by atoms with Crippen LogP contribution < -0.4 is 5.32 Å². The maximum absolute atomic E-state index is 3.55. The number of fused-ring (bicyclic) bond motifs is 1. The van der Waals surface area contributed by atoms with Crippen molar-refractivity contribution in [3.8, 4) is 0 Å². The van der Waals surface area contributed by atoms with E-state index >= 15 is 0 Å². The van der Waals surface area contributed by atoms with Crippen molar-refractivity contribution in [1.82, 2.24) is 9.88 Å². The molecule has 3 heteroatoms. The van der Waals surface area contributed by atoms with E-state index in [0.29, 0.717) is 0 Å². The summed E-state index contributed by atoms with van der Waals surface area (Å²) in [6, 6.07) is 9.00. The highest BCUT2D eigenvalue weighted by atomic mass is 32.2. The van der Waals surface area contributed by atoms with Gasteiger partial charge in [-0.2, -0.15) is 11.8 Å². The highest BCUT2D eigenvalue weighted by Gasteiger charge is 2.09. The molecular weight excluding hydrogens is 264 g/mol. The molecule has 0 spiro atoms. The van der Waals surface area contributed by atoms with E-state index in [4.69, 9.17) is 0 Å². The molecule has 0 atom stereocenters. The molecular formula is C17H26N2S. The first-order valence-electron chi connectivity index (χ1n) is 7.40. The van der Waals surface area contributed by atoms with Gasteiger partial charge in [0, 0.05) is 36.1 Å². The zero-order valence-electron chi connectivity index (χ0n) is 13.1. The summed E-state index contributed by atoms with van der Waals surface area (Å²) in [5.41, 5.74) is 2.87. The van der Waals surface area contributed by atoms with E-state index in [1.807, 2.05) is 11.8 Å². The van der Waals surface area contributed by atoms with Gasteiger partial charge in [0.15, 0.2) is 0 Å². The van der Waals surface area contributed by atoms with Gasteiger partial charge in [-0.15, -0.1) is 0 Å². The molecule has 0 fully saturated rings. The van der Waals surface area contributed by atoms with Crippen LogP contribution in [0, 0.1) is 0 Å². The summed E-state index contributed by atoms with van der Waals surface area (Å²) in [5, 5.41) is 4.89. The third kappa shape index (κ3) is 4.29. The lowest BCUT2D eigenvalue weighted by Gasteiger charge is -2.20. The number of thioether (sulfide) groups is 1. The van der Waals surface area contributed by atoms with Crippen molar-refractivity contribution in [2.75, 3.05) is 11.5 Å². The predicted octanol–water partition coefficient (Wildman–Crippen LogP) is 4.28. The number of aromatic nitrogens is 1. The van der Waals surface area contributed by atoms with Gasteiger partial charge in [0.2, 0.25) is 0 Å². The molecule has 0 aliphatic rings. The van der Waals surface area contributed by atoms with Gasteiger partial charge < -0.3 is 9.88 Å². The predicted molar refractivity (Wildman–Crippen MR) is 91.5 cm³/mol. The molecule has 0 aliphatic heterocycles. The minimum atomic E-state index is 0.161. The second kappa shape index (κ2) is 6.68. The molecule has 2 aromatic rings. The van der Waals surface area contributed by atoms with Crippen molar-refractivity contribution < 1.29 is 0 Å². The molecule has 1 N–H and O–H groups in total. The molecule has 0 saturated heterocycles. The number of benzene rings is 1. The molecule has 0 radical (unpaired) electrons. The van der Waals surface area contributed by atoms with Gasteiger partial charge in [0.05, 0.1) is 0 Å². The summed E-state index contributed by atoms with van der Waals surface area (Å²) >= 11 is 2.00. The number of aryl methyl sites for hydroxylation is 1. The second-order valence-corrected chi connectivity index (χ2v) is 7.60. The van der Waals surface area contributed by atoms with Crippen molar-refractivity contribution in [3.63, 3.8) is 0 Å². The molecule has 1 aromatic carbocycles. The first kappa shape index (κ1) is 15.5. The monoisotopic (exact) mass is 290 g/mol. The molecule has 0 saturated carbocycles. The zero-order valence-corrected chi connectivity index (χ0v) is 13.9. The fourth-order valence-corrected chi connectivity index (χ4v) is 2.82. The highest BCUT2D eigenvalue weighted by Crippen LogP contribution is 2.19. The Balaban J connectivity index is 2.12. The first-order valence-corrected chi connectivity index (χ1v) is 8.55. The third-order valence-electron chi connectivity index (χ3n) is 3.34. The standard InChI is InChI=1S/C17H26N2S/c1-5-20-11-10-19-9-8-15-7-6-14(12-16(15)19)13-18-17(2,3)4/h6-9,12,18H,5,10-11,13H2,1-4H3. The van der Waals surface area contributed by atoms with E-state index in [9.17, 15) is 0 Å². The van der Waals surface area contributed by atoms with Gasteiger partial charge in [-0.05, 0) is 49.6 Å². The number of hydrogen-bond acceptors (Lipinski definition) is 2. The van der Waals surface area contributed by atoms with Gasteiger partial charge in [0.1, 0.15) is 0 Å². The molecule has 2 nitrogen and oxygen atoms in total. The summed E-state index contributed by atoms with van der Waals surface area (Å²) in [6.45, 7) is 10.9. The van der Waals surface area contributed by atoms with Gasteiger partial charge >= 0.3 is 0 Å². The molecule has 0 aliphatic carbocycles. The Morgan fingerprint density at radius 1 is 1.20 bits per heavy atom. The van der Waals surface area contributed by atoms with E-state index in [1.165, 1.54) is 28.0 Å². The van der Waals surface area contributed by atoms with Gasteiger partial charge in [-0.1, -0.05) is 19.1 Å². The van der Waals surface area contributed by atoms with E-state index in [0.717, 1.165) is 13.1 Å². The number of rotatable bonds is 6. The zero-order chi connectivity index (χ0) is 14.6. The fraction of sp³-hybridized carbons (Fsp3) is 0.529. The van der Waals surface area contributed by atoms with Crippen LogP contribution in [0.15, 0.2) is 30.5 Å². The fourth-order valence-electron chi connectivity index (χ4n) is 2.21. The number of nitrogens with one attached hydrogen (secondary N) is 1. The van der Waals surface area contributed by atoms with Crippen molar-refractivity contribution in [3.05, 3.63) is 36.0 Å². The molecule has 2 rings (SSSR count). The van der Waals surface area contributed by atoms with Crippen molar-refractivity contribution in [2.24, 2.45) is 0 Å². The molecule has 1 aromatic heterocycles. The molecule has 1 heterocycles. The summed E-state index contributed by atoms with van der Waals surface area (Å²) < 4.78 is 2.37. The van der Waals surface area contributed by atoms with E-state index in [2.05, 4.69) is 68.0 Å². The third-order valence-corrected chi connectivity index (χ3v) is 4.22. The summed E-state index contributed by atoms with van der Waals surface area (Å²) in [6.07, 6.45) is 2.21. The molecule has 110 valence electrons. The molecule has 0 amide bonds. The van der Waals surface area contributed by atoms with Crippen LogP contribution in [0.4, 0.5) is 0 Å². The lowest BCUT2D eigenvalue weighted by Crippen LogP contribution is -2.35. The van der Waals surface area contributed by atoms with Crippen molar-refractivity contribution in [2.45, 2.75) is 46.3 Å². The van der Waals surface area contributed by atoms with Crippen molar-refractivity contribution >= 4 is 22.7 Å². The summed E-state index contributed by atoms with van der Waals surface area (Å²) in [7, 11) is 0. The van der Waals surface area contributed by atoms with Crippen molar-refractivity contribution in [1.29, 1.82) is 0 Å². The van der Waals surface area contributed by atoms with Crippen LogP contribution in [-0.4, -0.2) is 21.6 Å². The number of hydrogen-bond donors (Lipinski definition) is 1. The van der Waals surface area contributed by atoms with E-state index in [-0.39, 0.29) is 5.54 Å². The maximum atomic E-state index is 3.55. The smallest absolute Gasteiger partial charge is 0.0483 e. The Bertz CT molecular complexity index is 552. The highest BCUT2D eigenvalue weighted by molar-refractivity contribution is 7.99. The molecule has 0 unspecified atom stereocenters. The number of nitrogens with zero attached hydrogens (tertiary/aromatic N) is 1. The van der Waals surface area contributed by atoms with Crippen LogP contribution in [0.2, 0.25) is 0 Å². The lowest BCUT2D eigenvalue weighted by molar-refractivity contribution is 0.424. The Kier molecular flexibility index (Phi) is 5.17. The van der Waals surface area contributed by atoms with Gasteiger partial charge in [-0.25, -0.2) is 0 Å². The maximum Gasteiger partial charge on any atom is 0.0483 e. The quantitative estimate of drug-likeness (QED) is 0.800. The summed E-state index contributed by atoms with van der Waals surface area (Å²) in [4.78, 5) is 0. The van der Waals surface area contributed by atoms with E-state index < -0.39 is 0 Å². The van der Waals surface area contributed by atoms with E-state index in [1.54, 1.807) is 0 Å². The molecule has 20 heavy (non-hydrogen) atoms. The summed E-state index contributed by atoms with van der Waals surface area (Å²) in [5.74, 6) is 2.38. The van der Waals surface area contributed by atoms with Crippen LogP contribution in [0.3, 0.4) is 0 Å².